The number of hydrogen-bond donors (Lipinski definition) is 3. The average Bonchev–Trinajstić information content (AvgIpc) is 2.36. The molecule has 0 aliphatic heterocycles. The number of carboxylic acids is 1. The third kappa shape index (κ3) is 4.16. The normalized spacial score (nSPS) is 10.8. The summed E-state index contributed by atoms with van der Waals surface area (Å²) in [5.41, 5.74) is -0.379. The van der Waals surface area contributed by atoms with Gasteiger partial charge in [0.05, 0.1) is 4.92 Å². The summed E-state index contributed by atoms with van der Waals surface area (Å²) in [6.45, 7) is 4.37. The van der Waals surface area contributed by atoms with Gasteiger partial charge in [-0.15, -0.1) is 0 Å². The second-order valence-corrected chi connectivity index (χ2v) is 5.06. The third-order valence-electron chi connectivity index (χ3n) is 3.01. The van der Waals surface area contributed by atoms with Crippen molar-refractivity contribution in [1.29, 1.82) is 0 Å². The second kappa shape index (κ2) is 6.21. The largest absolute Gasteiger partial charge is 0.480 e. The van der Waals surface area contributed by atoms with Gasteiger partial charge < -0.3 is 15.7 Å². The van der Waals surface area contributed by atoms with Crippen molar-refractivity contribution in [2.75, 3.05) is 0 Å². The highest BCUT2D eigenvalue weighted by atomic mass is 16.6. The standard InChI is InChI=1S/C13H17N3O5/c1-8-9(5-4-6-10(8)16(20)21)7-14-12(19)15-13(2,3)11(17)18/h4-6H,7H2,1-3H3,(H,17,18)(H2,14,15,19). The zero-order valence-corrected chi connectivity index (χ0v) is 12.0. The molecule has 8 heteroatoms. The van der Waals surface area contributed by atoms with E-state index >= 15 is 0 Å². The van der Waals surface area contributed by atoms with Gasteiger partial charge in [0, 0.05) is 18.2 Å². The van der Waals surface area contributed by atoms with Crippen molar-refractivity contribution in [1.82, 2.24) is 10.6 Å². The van der Waals surface area contributed by atoms with Gasteiger partial charge in [0.25, 0.3) is 5.69 Å². The number of rotatable bonds is 5. The molecule has 0 spiro atoms. The molecule has 1 aromatic carbocycles. The van der Waals surface area contributed by atoms with Gasteiger partial charge in [-0.1, -0.05) is 12.1 Å². The van der Waals surface area contributed by atoms with Crippen LogP contribution in [0.15, 0.2) is 18.2 Å². The van der Waals surface area contributed by atoms with Gasteiger partial charge in [0.2, 0.25) is 0 Å². The first-order chi connectivity index (χ1) is 9.65. The molecule has 0 bridgehead atoms. The van der Waals surface area contributed by atoms with Crippen LogP contribution in [-0.2, 0) is 11.3 Å². The Morgan fingerprint density at radius 3 is 2.52 bits per heavy atom. The quantitative estimate of drug-likeness (QED) is 0.562. The molecule has 114 valence electrons. The van der Waals surface area contributed by atoms with Gasteiger partial charge in [0.15, 0.2) is 0 Å². The van der Waals surface area contributed by atoms with E-state index in [4.69, 9.17) is 5.11 Å². The molecule has 3 N–H and O–H groups in total. The molecule has 0 aliphatic rings. The minimum Gasteiger partial charge on any atom is -0.480 e. The molecule has 0 saturated heterocycles. The number of carbonyl (C=O) groups excluding carboxylic acids is 1. The summed E-state index contributed by atoms with van der Waals surface area (Å²) in [7, 11) is 0. The molecule has 0 heterocycles. The number of benzene rings is 1. The fraction of sp³-hybridized carbons (Fsp3) is 0.385. The molecule has 0 saturated carbocycles. The van der Waals surface area contributed by atoms with E-state index in [0.717, 1.165) is 0 Å². The molecule has 0 radical (unpaired) electrons. The minimum absolute atomic E-state index is 0.0272. The molecule has 21 heavy (non-hydrogen) atoms. The third-order valence-corrected chi connectivity index (χ3v) is 3.01. The molecule has 1 aromatic rings. The maximum Gasteiger partial charge on any atom is 0.328 e. The fourth-order valence-corrected chi connectivity index (χ4v) is 1.62. The maximum atomic E-state index is 11.6. The topological polar surface area (TPSA) is 122 Å². The SMILES string of the molecule is Cc1c(CNC(=O)NC(C)(C)C(=O)O)cccc1[N+](=O)[O-]. The van der Waals surface area contributed by atoms with E-state index in [1.807, 2.05) is 0 Å². The number of amides is 2. The first kappa shape index (κ1) is 16.4. The Labute approximate surface area is 121 Å². The number of nitro groups is 1. The van der Waals surface area contributed by atoms with E-state index in [2.05, 4.69) is 10.6 Å². The van der Waals surface area contributed by atoms with Crippen LogP contribution in [0.5, 0.6) is 0 Å². The van der Waals surface area contributed by atoms with Crippen molar-refractivity contribution in [2.24, 2.45) is 0 Å². The van der Waals surface area contributed by atoms with E-state index in [9.17, 15) is 19.7 Å². The first-order valence-corrected chi connectivity index (χ1v) is 6.17. The van der Waals surface area contributed by atoms with Crippen molar-refractivity contribution < 1.29 is 19.6 Å². The summed E-state index contributed by atoms with van der Waals surface area (Å²) in [4.78, 5) is 32.9. The lowest BCUT2D eigenvalue weighted by Gasteiger charge is -2.21. The lowest BCUT2D eigenvalue weighted by atomic mass is 10.1. The second-order valence-electron chi connectivity index (χ2n) is 5.06. The first-order valence-electron chi connectivity index (χ1n) is 6.17. The molecule has 0 atom stereocenters. The highest BCUT2D eigenvalue weighted by Gasteiger charge is 2.28. The number of nitro benzene ring substituents is 1. The Morgan fingerprint density at radius 2 is 2.00 bits per heavy atom. The summed E-state index contributed by atoms with van der Waals surface area (Å²) in [6, 6.07) is 3.91. The predicted octanol–water partition coefficient (Wildman–Crippen LogP) is 1.57. The smallest absolute Gasteiger partial charge is 0.328 e. The van der Waals surface area contributed by atoms with Crippen molar-refractivity contribution >= 4 is 17.7 Å². The lowest BCUT2D eigenvalue weighted by Crippen LogP contribution is -2.53. The van der Waals surface area contributed by atoms with E-state index in [1.54, 1.807) is 13.0 Å². The van der Waals surface area contributed by atoms with Crippen LogP contribution in [0.2, 0.25) is 0 Å². The van der Waals surface area contributed by atoms with E-state index in [0.29, 0.717) is 11.1 Å². The van der Waals surface area contributed by atoms with Crippen LogP contribution in [0, 0.1) is 17.0 Å². The van der Waals surface area contributed by atoms with E-state index in [1.165, 1.54) is 26.0 Å². The van der Waals surface area contributed by atoms with Gasteiger partial charge in [-0.2, -0.15) is 0 Å². The van der Waals surface area contributed by atoms with Gasteiger partial charge in [-0.05, 0) is 26.3 Å². The van der Waals surface area contributed by atoms with Crippen molar-refractivity contribution in [3.05, 3.63) is 39.4 Å². The molecule has 0 aromatic heterocycles. The number of carbonyl (C=O) groups is 2. The molecule has 1 rings (SSSR count). The van der Waals surface area contributed by atoms with Gasteiger partial charge in [0.1, 0.15) is 5.54 Å². The summed E-state index contributed by atoms with van der Waals surface area (Å²) >= 11 is 0. The Kier molecular flexibility index (Phi) is 4.85. The number of aliphatic carboxylic acids is 1. The molecular formula is C13H17N3O5. The van der Waals surface area contributed by atoms with Crippen molar-refractivity contribution in [3.63, 3.8) is 0 Å². The fourth-order valence-electron chi connectivity index (χ4n) is 1.62. The van der Waals surface area contributed by atoms with Crippen molar-refractivity contribution in [3.8, 4) is 0 Å². The van der Waals surface area contributed by atoms with Crippen LogP contribution in [0.3, 0.4) is 0 Å². The highest BCUT2D eigenvalue weighted by Crippen LogP contribution is 2.20. The minimum atomic E-state index is -1.40. The molecule has 0 aliphatic carbocycles. The zero-order valence-electron chi connectivity index (χ0n) is 12.0. The van der Waals surface area contributed by atoms with E-state index in [-0.39, 0.29) is 12.2 Å². The van der Waals surface area contributed by atoms with Crippen LogP contribution in [-0.4, -0.2) is 27.6 Å². The highest BCUT2D eigenvalue weighted by molar-refractivity contribution is 5.85. The van der Waals surface area contributed by atoms with Crippen LogP contribution in [0.4, 0.5) is 10.5 Å². The van der Waals surface area contributed by atoms with E-state index < -0.39 is 22.5 Å². The summed E-state index contributed by atoms with van der Waals surface area (Å²) in [5.74, 6) is -1.16. The number of hydrogen-bond acceptors (Lipinski definition) is 4. The summed E-state index contributed by atoms with van der Waals surface area (Å²) < 4.78 is 0. The Hall–Kier alpha value is -2.64. The van der Waals surface area contributed by atoms with Crippen LogP contribution in [0.1, 0.15) is 25.0 Å². The number of urea groups is 1. The summed E-state index contributed by atoms with van der Waals surface area (Å²) in [6.07, 6.45) is 0. The van der Waals surface area contributed by atoms with Gasteiger partial charge in [-0.25, -0.2) is 9.59 Å². The monoisotopic (exact) mass is 295 g/mol. The summed E-state index contributed by atoms with van der Waals surface area (Å²) in [5, 5.41) is 24.5. The van der Waals surface area contributed by atoms with Crippen molar-refractivity contribution in [2.45, 2.75) is 32.9 Å². The average molecular weight is 295 g/mol. The van der Waals surface area contributed by atoms with Crippen LogP contribution < -0.4 is 10.6 Å². The number of nitrogens with zero attached hydrogens (tertiary/aromatic N) is 1. The van der Waals surface area contributed by atoms with Gasteiger partial charge >= 0.3 is 12.0 Å². The van der Waals surface area contributed by atoms with Crippen LogP contribution >= 0.6 is 0 Å². The van der Waals surface area contributed by atoms with Gasteiger partial charge in [-0.3, -0.25) is 10.1 Å². The number of nitrogens with one attached hydrogen (secondary N) is 2. The molecule has 8 nitrogen and oxygen atoms in total. The Morgan fingerprint density at radius 1 is 1.38 bits per heavy atom. The maximum absolute atomic E-state index is 11.6. The molecule has 0 fully saturated rings. The van der Waals surface area contributed by atoms with Crippen LogP contribution in [0.25, 0.3) is 0 Å². The molecular weight excluding hydrogens is 278 g/mol. The lowest BCUT2D eigenvalue weighted by molar-refractivity contribution is -0.385. The molecule has 2 amide bonds. The Balaban J connectivity index is 2.72. The zero-order chi connectivity index (χ0) is 16.2. The predicted molar refractivity (Wildman–Crippen MR) is 74.9 cm³/mol. The Bertz CT molecular complexity index is 583. The molecule has 0 unspecified atom stereocenters. The number of carboxylic acid groups (broad SMARTS) is 1.